The van der Waals surface area contributed by atoms with E-state index in [0.717, 1.165) is 31.5 Å². The number of methoxy groups -OCH3 is 1. The minimum atomic E-state index is -3.49. The third kappa shape index (κ3) is 4.51. The Labute approximate surface area is 161 Å². The maximum Gasteiger partial charge on any atom is 0.243 e. The van der Waals surface area contributed by atoms with Gasteiger partial charge in [0.15, 0.2) is 0 Å². The van der Waals surface area contributed by atoms with E-state index in [-0.39, 0.29) is 11.9 Å². The molecular formula is C19H29N3O4S. The summed E-state index contributed by atoms with van der Waals surface area (Å²) in [5, 5.41) is 0. The highest BCUT2D eigenvalue weighted by molar-refractivity contribution is 7.89. The minimum absolute atomic E-state index is 0.135. The number of benzene rings is 1. The van der Waals surface area contributed by atoms with Crippen molar-refractivity contribution in [3.05, 3.63) is 29.8 Å². The number of likely N-dealkylation sites (tertiary alicyclic amines) is 1. The van der Waals surface area contributed by atoms with Crippen LogP contribution in [0.5, 0.6) is 0 Å². The van der Waals surface area contributed by atoms with Crippen LogP contribution >= 0.6 is 0 Å². The predicted molar refractivity (Wildman–Crippen MR) is 103 cm³/mol. The van der Waals surface area contributed by atoms with Crippen LogP contribution in [0.2, 0.25) is 0 Å². The van der Waals surface area contributed by atoms with Crippen LogP contribution < -0.4 is 0 Å². The number of hydrogen-bond donors (Lipinski definition) is 0. The molecule has 7 nitrogen and oxygen atoms in total. The van der Waals surface area contributed by atoms with Gasteiger partial charge < -0.3 is 9.64 Å². The van der Waals surface area contributed by atoms with Gasteiger partial charge >= 0.3 is 0 Å². The molecule has 8 heteroatoms. The first-order valence-corrected chi connectivity index (χ1v) is 11.0. The van der Waals surface area contributed by atoms with E-state index in [1.807, 2.05) is 24.0 Å². The summed E-state index contributed by atoms with van der Waals surface area (Å²) in [6.45, 7) is 6.07. The fourth-order valence-electron chi connectivity index (χ4n) is 3.81. The molecule has 2 aliphatic heterocycles. The molecule has 0 aliphatic carbocycles. The Kier molecular flexibility index (Phi) is 6.52. The monoisotopic (exact) mass is 395 g/mol. The standard InChI is InChI=1S/C19H29N3O4S/c1-16-4-6-17(7-5-16)27(24,25)22-10-3-9-20(12-13-22)18-8-11-21(19(18)23)14-15-26-2/h4-7,18H,3,8-15H2,1-2H3/t18-/m0/s1. The van der Waals surface area contributed by atoms with Crippen molar-refractivity contribution >= 4 is 15.9 Å². The Morgan fingerprint density at radius 3 is 2.52 bits per heavy atom. The number of hydrogen-bond acceptors (Lipinski definition) is 5. The summed E-state index contributed by atoms with van der Waals surface area (Å²) in [5.41, 5.74) is 1.04. The molecule has 1 atom stereocenters. The van der Waals surface area contributed by atoms with Gasteiger partial charge in [-0.3, -0.25) is 9.69 Å². The average Bonchev–Trinajstić information content (AvgIpc) is 2.85. The summed E-state index contributed by atoms with van der Waals surface area (Å²) < 4.78 is 32.5. The predicted octanol–water partition coefficient (Wildman–Crippen LogP) is 0.939. The molecule has 2 aliphatic rings. The van der Waals surface area contributed by atoms with E-state index >= 15 is 0 Å². The molecule has 0 aromatic heterocycles. The van der Waals surface area contributed by atoms with E-state index in [9.17, 15) is 13.2 Å². The summed E-state index contributed by atoms with van der Waals surface area (Å²) in [4.78, 5) is 17.0. The number of carbonyl (C=O) groups is 1. The lowest BCUT2D eigenvalue weighted by molar-refractivity contribution is -0.132. The summed E-state index contributed by atoms with van der Waals surface area (Å²) in [7, 11) is -1.86. The maximum absolute atomic E-state index is 12.9. The van der Waals surface area contributed by atoms with Crippen molar-refractivity contribution in [2.45, 2.75) is 30.7 Å². The molecule has 2 heterocycles. The zero-order valence-corrected chi connectivity index (χ0v) is 17.0. The van der Waals surface area contributed by atoms with Crippen LogP contribution in [-0.4, -0.2) is 87.5 Å². The molecular weight excluding hydrogens is 366 g/mol. The lowest BCUT2D eigenvalue weighted by atomic mass is 10.2. The van der Waals surface area contributed by atoms with Crippen LogP contribution in [0.25, 0.3) is 0 Å². The van der Waals surface area contributed by atoms with Crippen LogP contribution in [-0.2, 0) is 19.6 Å². The van der Waals surface area contributed by atoms with E-state index in [1.165, 1.54) is 0 Å². The van der Waals surface area contributed by atoms with Crippen LogP contribution in [0.15, 0.2) is 29.2 Å². The molecule has 1 aromatic rings. The fraction of sp³-hybridized carbons (Fsp3) is 0.632. The van der Waals surface area contributed by atoms with E-state index < -0.39 is 10.0 Å². The van der Waals surface area contributed by atoms with Crippen molar-refractivity contribution in [3.63, 3.8) is 0 Å². The Balaban J connectivity index is 1.64. The van der Waals surface area contributed by atoms with E-state index in [4.69, 9.17) is 4.74 Å². The second-order valence-corrected chi connectivity index (χ2v) is 9.17. The van der Waals surface area contributed by atoms with Crippen molar-refractivity contribution < 1.29 is 17.9 Å². The molecule has 2 fully saturated rings. The Morgan fingerprint density at radius 1 is 1.07 bits per heavy atom. The molecule has 0 saturated carbocycles. The normalized spacial score (nSPS) is 23.0. The smallest absolute Gasteiger partial charge is 0.243 e. The number of ether oxygens (including phenoxy) is 1. The van der Waals surface area contributed by atoms with Gasteiger partial charge in [-0.05, 0) is 31.9 Å². The number of rotatable bonds is 6. The highest BCUT2D eigenvalue weighted by atomic mass is 32.2. The van der Waals surface area contributed by atoms with Crippen molar-refractivity contribution in [2.24, 2.45) is 0 Å². The van der Waals surface area contributed by atoms with Crippen LogP contribution in [0, 0.1) is 6.92 Å². The number of aryl methyl sites for hydroxylation is 1. The van der Waals surface area contributed by atoms with Gasteiger partial charge in [-0.1, -0.05) is 17.7 Å². The topological polar surface area (TPSA) is 70.2 Å². The van der Waals surface area contributed by atoms with Gasteiger partial charge in [0.05, 0.1) is 17.5 Å². The van der Waals surface area contributed by atoms with Crippen molar-refractivity contribution in [3.8, 4) is 0 Å². The first-order chi connectivity index (χ1) is 12.9. The molecule has 0 spiro atoms. The molecule has 0 N–H and O–H groups in total. The first-order valence-electron chi connectivity index (χ1n) is 9.52. The average molecular weight is 396 g/mol. The lowest BCUT2D eigenvalue weighted by Gasteiger charge is -2.26. The zero-order chi connectivity index (χ0) is 19.4. The summed E-state index contributed by atoms with van der Waals surface area (Å²) in [6, 6.07) is 6.85. The number of amides is 1. The molecule has 0 unspecified atom stereocenters. The Bertz CT molecular complexity index is 751. The van der Waals surface area contributed by atoms with Crippen LogP contribution in [0.4, 0.5) is 0 Å². The molecule has 3 rings (SSSR count). The van der Waals surface area contributed by atoms with E-state index in [1.54, 1.807) is 23.5 Å². The van der Waals surface area contributed by atoms with Gasteiger partial charge in [0.1, 0.15) is 0 Å². The zero-order valence-electron chi connectivity index (χ0n) is 16.1. The van der Waals surface area contributed by atoms with Gasteiger partial charge in [0.25, 0.3) is 0 Å². The number of nitrogens with zero attached hydrogens (tertiary/aromatic N) is 3. The third-order valence-corrected chi connectivity index (χ3v) is 7.34. The SMILES string of the molecule is COCCN1CC[C@H](N2CCCN(S(=O)(=O)c3ccc(C)cc3)CC2)C1=O. The minimum Gasteiger partial charge on any atom is -0.383 e. The molecule has 1 aromatic carbocycles. The molecule has 0 bridgehead atoms. The summed E-state index contributed by atoms with van der Waals surface area (Å²) in [6.07, 6.45) is 1.53. The second kappa shape index (κ2) is 8.68. The van der Waals surface area contributed by atoms with Gasteiger partial charge in [-0.2, -0.15) is 4.31 Å². The third-order valence-electron chi connectivity index (χ3n) is 5.42. The lowest BCUT2D eigenvalue weighted by Crippen LogP contribution is -2.44. The highest BCUT2D eigenvalue weighted by Gasteiger charge is 2.37. The van der Waals surface area contributed by atoms with Gasteiger partial charge in [0, 0.05) is 46.4 Å². The molecule has 1 amide bonds. The Morgan fingerprint density at radius 2 is 1.81 bits per heavy atom. The van der Waals surface area contributed by atoms with Crippen molar-refractivity contribution in [2.75, 3.05) is 53.0 Å². The van der Waals surface area contributed by atoms with Crippen LogP contribution in [0.3, 0.4) is 0 Å². The fourth-order valence-corrected chi connectivity index (χ4v) is 5.28. The van der Waals surface area contributed by atoms with Crippen LogP contribution in [0.1, 0.15) is 18.4 Å². The number of sulfonamides is 1. The molecule has 2 saturated heterocycles. The molecule has 0 radical (unpaired) electrons. The maximum atomic E-state index is 12.9. The van der Waals surface area contributed by atoms with Crippen molar-refractivity contribution in [1.82, 2.24) is 14.1 Å². The Hall–Kier alpha value is -1.48. The summed E-state index contributed by atoms with van der Waals surface area (Å²) in [5.74, 6) is 0.141. The van der Waals surface area contributed by atoms with Gasteiger partial charge in [-0.25, -0.2) is 8.42 Å². The molecule has 150 valence electrons. The summed E-state index contributed by atoms with van der Waals surface area (Å²) >= 11 is 0. The van der Waals surface area contributed by atoms with Gasteiger partial charge in [0.2, 0.25) is 15.9 Å². The second-order valence-electron chi connectivity index (χ2n) is 7.23. The van der Waals surface area contributed by atoms with Gasteiger partial charge in [-0.15, -0.1) is 0 Å². The number of carbonyl (C=O) groups excluding carboxylic acids is 1. The van der Waals surface area contributed by atoms with E-state index in [2.05, 4.69) is 4.90 Å². The molecule has 27 heavy (non-hydrogen) atoms. The quantitative estimate of drug-likeness (QED) is 0.717. The van der Waals surface area contributed by atoms with Crippen molar-refractivity contribution in [1.29, 1.82) is 0 Å². The largest absolute Gasteiger partial charge is 0.383 e. The highest BCUT2D eigenvalue weighted by Crippen LogP contribution is 2.22. The van der Waals surface area contributed by atoms with E-state index in [0.29, 0.717) is 37.7 Å². The first kappa shape index (κ1) is 20.3.